The Labute approximate surface area is 112 Å². The van der Waals surface area contributed by atoms with Crippen LogP contribution in [0.25, 0.3) is 0 Å². The van der Waals surface area contributed by atoms with E-state index < -0.39 is 0 Å². The summed E-state index contributed by atoms with van der Waals surface area (Å²) in [5.41, 5.74) is 1.73. The molecule has 0 aliphatic carbocycles. The Balaban J connectivity index is 2.39. The summed E-state index contributed by atoms with van der Waals surface area (Å²) in [4.78, 5) is 6.48. The van der Waals surface area contributed by atoms with Crippen LogP contribution in [0, 0.1) is 5.41 Å². The van der Waals surface area contributed by atoms with E-state index in [1.54, 1.807) is 0 Å². The Hall–Kier alpha value is -0.930. The van der Waals surface area contributed by atoms with Gasteiger partial charge >= 0.3 is 0 Å². The molecule has 0 saturated carbocycles. The number of nitrogens with one attached hydrogen (secondary N) is 1. The van der Waals surface area contributed by atoms with Crippen LogP contribution in [0.2, 0.25) is 0 Å². The van der Waals surface area contributed by atoms with Crippen LogP contribution in [0.4, 0.5) is 0 Å². The number of likely N-dealkylation sites (N-methyl/N-ethyl adjacent to an activating group) is 1. The van der Waals surface area contributed by atoms with E-state index in [1.807, 2.05) is 19.4 Å². The Bertz CT molecular complexity index is 326. The summed E-state index contributed by atoms with van der Waals surface area (Å²) in [6.45, 7) is 7.93. The van der Waals surface area contributed by atoms with E-state index >= 15 is 0 Å². The molecule has 3 nitrogen and oxygen atoms in total. The van der Waals surface area contributed by atoms with Crippen LogP contribution in [0.3, 0.4) is 0 Å². The van der Waals surface area contributed by atoms with Gasteiger partial charge in [-0.25, -0.2) is 0 Å². The summed E-state index contributed by atoms with van der Waals surface area (Å²) in [5, 5.41) is 3.30. The number of pyridine rings is 1. The second-order valence-corrected chi connectivity index (χ2v) is 5.54. The molecule has 1 rings (SSSR count). The van der Waals surface area contributed by atoms with Gasteiger partial charge in [0.1, 0.15) is 0 Å². The third-order valence-corrected chi connectivity index (χ3v) is 3.64. The average Bonchev–Trinajstić information content (AvgIpc) is 2.38. The second-order valence-electron chi connectivity index (χ2n) is 5.54. The summed E-state index contributed by atoms with van der Waals surface area (Å²) >= 11 is 0. The molecule has 0 saturated heterocycles. The van der Waals surface area contributed by atoms with Gasteiger partial charge in [-0.1, -0.05) is 13.8 Å². The van der Waals surface area contributed by atoms with E-state index in [-0.39, 0.29) is 0 Å². The maximum absolute atomic E-state index is 4.05. The van der Waals surface area contributed by atoms with Gasteiger partial charge in [-0.3, -0.25) is 4.98 Å². The third kappa shape index (κ3) is 5.15. The highest BCUT2D eigenvalue weighted by molar-refractivity contribution is 5.09. The lowest BCUT2D eigenvalue weighted by Crippen LogP contribution is -2.40. The van der Waals surface area contributed by atoms with Crippen molar-refractivity contribution in [1.29, 1.82) is 0 Å². The first kappa shape index (κ1) is 15.1. The standard InChI is InChI=1S/C15H27N3/c1-5-15(2,12-16-3)13-18(4)11-8-14-6-9-17-10-7-14/h6-7,9-10,16H,5,8,11-13H2,1-4H3. The van der Waals surface area contributed by atoms with Gasteiger partial charge in [0, 0.05) is 32.0 Å². The zero-order chi connectivity index (χ0) is 13.4. The maximum atomic E-state index is 4.05. The predicted octanol–water partition coefficient (Wildman–Crippen LogP) is 2.19. The van der Waals surface area contributed by atoms with E-state index in [2.05, 4.69) is 48.2 Å². The smallest absolute Gasteiger partial charge is 0.0270 e. The number of rotatable bonds is 8. The van der Waals surface area contributed by atoms with Crippen molar-refractivity contribution in [1.82, 2.24) is 15.2 Å². The van der Waals surface area contributed by atoms with Gasteiger partial charge in [0.2, 0.25) is 0 Å². The van der Waals surface area contributed by atoms with Gasteiger partial charge in [-0.15, -0.1) is 0 Å². The zero-order valence-electron chi connectivity index (χ0n) is 12.2. The first-order valence-corrected chi connectivity index (χ1v) is 6.81. The number of hydrogen-bond acceptors (Lipinski definition) is 3. The molecule has 1 N–H and O–H groups in total. The molecule has 1 aromatic rings. The fourth-order valence-corrected chi connectivity index (χ4v) is 2.32. The maximum Gasteiger partial charge on any atom is 0.0270 e. The molecule has 0 aliphatic rings. The largest absolute Gasteiger partial charge is 0.319 e. The highest BCUT2D eigenvalue weighted by Gasteiger charge is 2.22. The van der Waals surface area contributed by atoms with Crippen LogP contribution in [-0.2, 0) is 6.42 Å². The van der Waals surface area contributed by atoms with E-state index in [0.29, 0.717) is 5.41 Å². The first-order valence-electron chi connectivity index (χ1n) is 6.81. The Kier molecular flexibility index (Phi) is 6.30. The second kappa shape index (κ2) is 7.49. The summed E-state index contributed by atoms with van der Waals surface area (Å²) in [6.07, 6.45) is 6.03. The van der Waals surface area contributed by atoms with Crippen molar-refractivity contribution in [3.8, 4) is 0 Å². The zero-order valence-corrected chi connectivity index (χ0v) is 12.2. The van der Waals surface area contributed by atoms with Crippen molar-refractivity contribution in [2.75, 3.05) is 33.7 Å². The molecule has 0 aliphatic heterocycles. The fourth-order valence-electron chi connectivity index (χ4n) is 2.32. The molecule has 0 aromatic carbocycles. The van der Waals surface area contributed by atoms with Crippen molar-refractivity contribution in [3.05, 3.63) is 30.1 Å². The number of hydrogen-bond donors (Lipinski definition) is 1. The van der Waals surface area contributed by atoms with Gasteiger partial charge in [-0.2, -0.15) is 0 Å². The van der Waals surface area contributed by atoms with Crippen molar-refractivity contribution >= 4 is 0 Å². The van der Waals surface area contributed by atoms with Crippen molar-refractivity contribution in [2.24, 2.45) is 5.41 Å². The van der Waals surface area contributed by atoms with E-state index in [4.69, 9.17) is 0 Å². The van der Waals surface area contributed by atoms with Gasteiger partial charge < -0.3 is 10.2 Å². The molecular formula is C15H27N3. The molecule has 1 aromatic heterocycles. The first-order chi connectivity index (χ1) is 8.59. The molecule has 3 heteroatoms. The van der Waals surface area contributed by atoms with Crippen molar-refractivity contribution < 1.29 is 0 Å². The molecule has 0 bridgehead atoms. The van der Waals surface area contributed by atoms with Crippen molar-refractivity contribution in [3.63, 3.8) is 0 Å². The monoisotopic (exact) mass is 249 g/mol. The van der Waals surface area contributed by atoms with Gasteiger partial charge in [0.25, 0.3) is 0 Å². The molecule has 0 radical (unpaired) electrons. The van der Waals surface area contributed by atoms with E-state index in [0.717, 1.165) is 26.1 Å². The van der Waals surface area contributed by atoms with E-state index in [1.165, 1.54) is 12.0 Å². The van der Waals surface area contributed by atoms with Crippen molar-refractivity contribution in [2.45, 2.75) is 26.7 Å². The van der Waals surface area contributed by atoms with Gasteiger partial charge in [-0.05, 0) is 50.0 Å². The van der Waals surface area contributed by atoms with Crippen LogP contribution in [0.15, 0.2) is 24.5 Å². The Morgan fingerprint density at radius 1 is 1.33 bits per heavy atom. The lowest BCUT2D eigenvalue weighted by molar-refractivity contribution is 0.184. The summed E-state index contributed by atoms with van der Waals surface area (Å²) < 4.78 is 0. The molecule has 0 amide bonds. The molecule has 1 heterocycles. The molecule has 18 heavy (non-hydrogen) atoms. The average molecular weight is 249 g/mol. The normalized spacial score (nSPS) is 14.7. The minimum absolute atomic E-state index is 0.363. The Morgan fingerprint density at radius 2 is 2.00 bits per heavy atom. The summed E-state index contributed by atoms with van der Waals surface area (Å²) in [6, 6.07) is 4.20. The highest BCUT2D eigenvalue weighted by Crippen LogP contribution is 2.21. The molecule has 0 spiro atoms. The quantitative estimate of drug-likeness (QED) is 0.765. The molecule has 0 fully saturated rings. The third-order valence-electron chi connectivity index (χ3n) is 3.64. The molecule has 1 atom stereocenters. The number of nitrogens with zero attached hydrogens (tertiary/aromatic N) is 2. The summed E-state index contributed by atoms with van der Waals surface area (Å²) in [7, 11) is 4.25. The van der Waals surface area contributed by atoms with Crippen LogP contribution >= 0.6 is 0 Å². The Morgan fingerprint density at radius 3 is 2.56 bits per heavy atom. The number of aromatic nitrogens is 1. The van der Waals surface area contributed by atoms with Crippen LogP contribution in [0.1, 0.15) is 25.8 Å². The minimum Gasteiger partial charge on any atom is -0.319 e. The molecule has 1 unspecified atom stereocenters. The summed E-state index contributed by atoms with van der Waals surface area (Å²) in [5.74, 6) is 0. The van der Waals surface area contributed by atoms with Crippen LogP contribution in [0.5, 0.6) is 0 Å². The predicted molar refractivity (Wildman–Crippen MR) is 77.8 cm³/mol. The minimum atomic E-state index is 0.363. The lowest BCUT2D eigenvalue weighted by Gasteiger charge is -2.33. The van der Waals surface area contributed by atoms with Gasteiger partial charge in [0.15, 0.2) is 0 Å². The topological polar surface area (TPSA) is 28.2 Å². The molecular weight excluding hydrogens is 222 g/mol. The SMILES string of the molecule is CCC(C)(CNC)CN(C)CCc1ccncc1. The lowest BCUT2D eigenvalue weighted by atomic mass is 9.87. The fraction of sp³-hybridized carbons (Fsp3) is 0.667. The van der Waals surface area contributed by atoms with Gasteiger partial charge in [0.05, 0.1) is 0 Å². The van der Waals surface area contributed by atoms with Crippen LogP contribution < -0.4 is 5.32 Å². The van der Waals surface area contributed by atoms with Crippen LogP contribution in [-0.4, -0.2) is 43.6 Å². The molecule has 102 valence electrons. The highest BCUT2D eigenvalue weighted by atomic mass is 15.1. The van der Waals surface area contributed by atoms with E-state index in [9.17, 15) is 0 Å².